The van der Waals surface area contributed by atoms with Crippen molar-refractivity contribution in [3.8, 4) is 0 Å². The number of carbonyl (C=O) groups excluding carboxylic acids is 2. The average molecular weight is 371 g/mol. The zero-order valence-corrected chi connectivity index (χ0v) is 15.6. The maximum absolute atomic E-state index is 13.0. The van der Waals surface area contributed by atoms with Crippen LogP contribution in [0.4, 0.5) is 11.4 Å². The molecule has 0 bridgehead atoms. The van der Waals surface area contributed by atoms with E-state index < -0.39 is 0 Å². The molecule has 5 nitrogen and oxygen atoms in total. The van der Waals surface area contributed by atoms with Crippen LogP contribution < -0.4 is 10.6 Å². The van der Waals surface area contributed by atoms with E-state index >= 15 is 0 Å². The minimum atomic E-state index is -0.254. The molecule has 28 heavy (non-hydrogen) atoms. The molecular weight excluding hydrogens is 350 g/mol. The summed E-state index contributed by atoms with van der Waals surface area (Å²) in [7, 11) is 0. The van der Waals surface area contributed by atoms with Crippen molar-refractivity contribution in [1.82, 2.24) is 4.90 Å². The standard InChI is InChI=1S/C23H21N3O2/c1-16(27)24-18-11-13-19(14-12-18)25-22-20-9-5-6-10-21(20)23(28)26(22)15-17-7-3-2-4-8-17/h2-14,22,25H,15H2,1H3,(H,24,27)/t22-/m1/s1. The number of hydrogen-bond acceptors (Lipinski definition) is 3. The minimum Gasteiger partial charge on any atom is -0.361 e. The summed E-state index contributed by atoms with van der Waals surface area (Å²) >= 11 is 0. The van der Waals surface area contributed by atoms with E-state index in [0.29, 0.717) is 6.54 Å². The Labute approximate surface area is 164 Å². The average Bonchev–Trinajstić information content (AvgIpc) is 2.96. The third-order valence-electron chi connectivity index (χ3n) is 4.76. The van der Waals surface area contributed by atoms with Crippen LogP contribution in [0.5, 0.6) is 0 Å². The molecule has 1 aliphatic heterocycles. The number of rotatable bonds is 5. The molecule has 0 fully saturated rings. The molecule has 0 unspecified atom stereocenters. The van der Waals surface area contributed by atoms with Gasteiger partial charge in [0.25, 0.3) is 5.91 Å². The molecule has 3 aromatic rings. The number of benzene rings is 3. The van der Waals surface area contributed by atoms with E-state index in [1.807, 2.05) is 83.8 Å². The molecule has 0 spiro atoms. The van der Waals surface area contributed by atoms with Gasteiger partial charge in [-0.25, -0.2) is 0 Å². The highest BCUT2D eigenvalue weighted by Crippen LogP contribution is 2.35. The number of hydrogen-bond donors (Lipinski definition) is 2. The zero-order chi connectivity index (χ0) is 19.5. The summed E-state index contributed by atoms with van der Waals surface area (Å²) < 4.78 is 0. The van der Waals surface area contributed by atoms with Crippen molar-refractivity contribution in [2.45, 2.75) is 19.6 Å². The summed E-state index contributed by atoms with van der Waals surface area (Å²) in [5, 5.41) is 6.23. The summed E-state index contributed by atoms with van der Waals surface area (Å²) in [6, 6.07) is 25.2. The molecule has 0 saturated carbocycles. The van der Waals surface area contributed by atoms with Gasteiger partial charge in [-0.15, -0.1) is 0 Å². The van der Waals surface area contributed by atoms with E-state index in [9.17, 15) is 9.59 Å². The van der Waals surface area contributed by atoms with E-state index in [4.69, 9.17) is 0 Å². The number of nitrogens with zero attached hydrogens (tertiary/aromatic N) is 1. The van der Waals surface area contributed by atoms with Crippen LogP contribution in [0.2, 0.25) is 0 Å². The molecule has 5 heteroatoms. The molecular formula is C23H21N3O2. The smallest absolute Gasteiger partial charge is 0.256 e. The van der Waals surface area contributed by atoms with Gasteiger partial charge >= 0.3 is 0 Å². The lowest BCUT2D eigenvalue weighted by Crippen LogP contribution is -2.31. The van der Waals surface area contributed by atoms with Crippen LogP contribution in [0.15, 0.2) is 78.9 Å². The molecule has 0 radical (unpaired) electrons. The number of amides is 2. The third-order valence-corrected chi connectivity index (χ3v) is 4.76. The number of fused-ring (bicyclic) bond motifs is 1. The lowest BCUT2D eigenvalue weighted by Gasteiger charge is -2.27. The molecule has 2 N–H and O–H groups in total. The Morgan fingerprint density at radius 2 is 1.54 bits per heavy atom. The highest BCUT2D eigenvalue weighted by atomic mass is 16.2. The van der Waals surface area contributed by atoms with Gasteiger partial charge in [0.05, 0.1) is 0 Å². The quantitative estimate of drug-likeness (QED) is 0.698. The van der Waals surface area contributed by atoms with Gasteiger partial charge in [0.15, 0.2) is 0 Å². The van der Waals surface area contributed by atoms with Crippen molar-refractivity contribution in [3.05, 3.63) is 95.6 Å². The largest absolute Gasteiger partial charge is 0.361 e. The van der Waals surface area contributed by atoms with Crippen LogP contribution in [-0.4, -0.2) is 16.7 Å². The molecule has 1 atom stereocenters. The van der Waals surface area contributed by atoms with E-state index in [1.165, 1.54) is 6.92 Å². The molecule has 0 aliphatic carbocycles. The van der Waals surface area contributed by atoms with E-state index in [2.05, 4.69) is 10.6 Å². The minimum absolute atomic E-state index is 0.0202. The Hall–Kier alpha value is -3.60. The Kier molecular flexibility index (Phi) is 4.81. The van der Waals surface area contributed by atoms with Crippen LogP contribution >= 0.6 is 0 Å². The summed E-state index contributed by atoms with van der Waals surface area (Å²) in [5.74, 6) is -0.0862. The van der Waals surface area contributed by atoms with Gasteiger partial charge in [0.2, 0.25) is 5.91 Å². The van der Waals surface area contributed by atoms with Gasteiger partial charge in [0.1, 0.15) is 6.17 Å². The fourth-order valence-corrected chi connectivity index (χ4v) is 3.48. The van der Waals surface area contributed by atoms with Gasteiger partial charge in [-0.05, 0) is 35.9 Å². The lowest BCUT2D eigenvalue weighted by atomic mass is 10.1. The molecule has 1 aliphatic rings. The Bertz CT molecular complexity index is 1000. The van der Waals surface area contributed by atoms with Gasteiger partial charge < -0.3 is 15.5 Å². The van der Waals surface area contributed by atoms with E-state index in [1.54, 1.807) is 0 Å². The van der Waals surface area contributed by atoms with Crippen molar-refractivity contribution in [2.24, 2.45) is 0 Å². The molecule has 4 rings (SSSR count). The predicted octanol–water partition coefficient (Wildman–Crippen LogP) is 4.41. The van der Waals surface area contributed by atoms with Crippen LogP contribution in [0.3, 0.4) is 0 Å². The van der Waals surface area contributed by atoms with Gasteiger partial charge in [-0.2, -0.15) is 0 Å². The van der Waals surface area contributed by atoms with Crippen LogP contribution in [0.25, 0.3) is 0 Å². The van der Waals surface area contributed by atoms with Gasteiger partial charge in [-0.1, -0.05) is 48.5 Å². The fourth-order valence-electron chi connectivity index (χ4n) is 3.48. The molecule has 0 aromatic heterocycles. The SMILES string of the molecule is CC(=O)Nc1ccc(N[C@H]2c3ccccc3C(=O)N2Cc2ccccc2)cc1. The van der Waals surface area contributed by atoms with Crippen LogP contribution in [0.1, 0.15) is 34.6 Å². The predicted molar refractivity (Wildman–Crippen MR) is 110 cm³/mol. The van der Waals surface area contributed by atoms with Crippen LogP contribution in [0, 0.1) is 0 Å². The normalized spacial score (nSPS) is 15.2. The number of nitrogens with one attached hydrogen (secondary N) is 2. The first-order chi connectivity index (χ1) is 13.6. The van der Waals surface area contributed by atoms with Crippen molar-refractivity contribution in [1.29, 1.82) is 0 Å². The molecule has 1 heterocycles. The topological polar surface area (TPSA) is 61.4 Å². The lowest BCUT2D eigenvalue weighted by molar-refractivity contribution is -0.114. The fraction of sp³-hybridized carbons (Fsp3) is 0.130. The summed E-state index contributed by atoms with van der Waals surface area (Å²) in [4.78, 5) is 26.1. The first kappa shape index (κ1) is 17.8. The second-order valence-electron chi connectivity index (χ2n) is 6.81. The second kappa shape index (κ2) is 7.56. The Morgan fingerprint density at radius 1 is 0.893 bits per heavy atom. The monoisotopic (exact) mass is 371 g/mol. The van der Waals surface area contributed by atoms with Crippen LogP contribution in [-0.2, 0) is 11.3 Å². The first-order valence-corrected chi connectivity index (χ1v) is 9.20. The molecule has 3 aromatic carbocycles. The maximum atomic E-state index is 13.0. The molecule has 140 valence electrons. The van der Waals surface area contributed by atoms with E-state index in [0.717, 1.165) is 28.1 Å². The summed E-state index contributed by atoms with van der Waals surface area (Å²) in [6.07, 6.45) is -0.254. The second-order valence-corrected chi connectivity index (χ2v) is 6.81. The highest BCUT2D eigenvalue weighted by Gasteiger charge is 2.36. The van der Waals surface area contributed by atoms with Crippen molar-refractivity contribution >= 4 is 23.2 Å². The highest BCUT2D eigenvalue weighted by molar-refractivity contribution is 5.99. The maximum Gasteiger partial charge on any atom is 0.256 e. The third kappa shape index (κ3) is 3.60. The van der Waals surface area contributed by atoms with E-state index in [-0.39, 0.29) is 18.0 Å². The molecule has 0 saturated heterocycles. The summed E-state index contributed by atoms with van der Waals surface area (Å²) in [6.45, 7) is 2.00. The van der Waals surface area contributed by atoms with Gasteiger partial charge in [0, 0.05) is 36.0 Å². The number of carbonyl (C=O) groups is 2. The Morgan fingerprint density at radius 3 is 2.25 bits per heavy atom. The van der Waals surface area contributed by atoms with Gasteiger partial charge in [-0.3, -0.25) is 9.59 Å². The van der Waals surface area contributed by atoms with Crippen molar-refractivity contribution in [3.63, 3.8) is 0 Å². The first-order valence-electron chi connectivity index (χ1n) is 9.20. The summed E-state index contributed by atoms with van der Waals surface area (Å²) in [5.41, 5.74) is 4.39. The number of anilines is 2. The Balaban J connectivity index is 1.61. The zero-order valence-electron chi connectivity index (χ0n) is 15.6. The molecule has 2 amide bonds. The van der Waals surface area contributed by atoms with Crippen molar-refractivity contribution in [2.75, 3.05) is 10.6 Å². The van der Waals surface area contributed by atoms with Crippen molar-refractivity contribution < 1.29 is 9.59 Å².